The SMILES string of the molecule is COc1ccc(-n2c(C)cc(C(=O)COc3cc(Cl)cc(Cl)c3)c2C)cc1. The molecule has 0 amide bonds. The summed E-state index contributed by atoms with van der Waals surface area (Å²) in [6.07, 6.45) is 0. The van der Waals surface area contributed by atoms with Gasteiger partial charge in [0.15, 0.2) is 6.61 Å². The van der Waals surface area contributed by atoms with Crippen molar-refractivity contribution >= 4 is 29.0 Å². The molecule has 0 aliphatic carbocycles. The Kier molecular flexibility index (Phi) is 5.78. The first-order valence-corrected chi connectivity index (χ1v) is 9.10. The normalized spacial score (nSPS) is 10.7. The largest absolute Gasteiger partial charge is 0.497 e. The van der Waals surface area contributed by atoms with Crippen molar-refractivity contribution < 1.29 is 14.3 Å². The van der Waals surface area contributed by atoms with Crippen molar-refractivity contribution in [1.82, 2.24) is 4.57 Å². The van der Waals surface area contributed by atoms with Crippen molar-refractivity contribution in [2.45, 2.75) is 13.8 Å². The number of Topliss-reactive ketones (excluding diaryl/α,β-unsaturated/α-hetero) is 1. The quantitative estimate of drug-likeness (QED) is 0.497. The molecule has 0 radical (unpaired) electrons. The Bertz CT molecular complexity index is 958. The summed E-state index contributed by atoms with van der Waals surface area (Å²) in [5, 5.41) is 0.922. The highest BCUT2D eigenvalue weighted by Crippen LogP contribution is 2.26. The minimum Gasteiger partial charge on any atom is -0.497 e. The van der Waals surface area contributed by atoms with Gasteiger partial charge >= 0.3 is 0 Å². The maximum Gasteiger partial charge on any atom is 0.202 e. The molecule has 0 N–H and O–H groups in total. The van der Waals surface area contributed by atoms with Crippen LogP contribution in [-0.4, -0.2) is 24.1 Å². The monoisotopic (exact) mass is 403 g/mol. The summed E-state index contributed by atoms with van der Waals surface area (Å²) in [4.78, 5) is 12.7. The van der Waals surface area contributed by atoms with Gasteiger partial charge in [0.05, 0.1) is 7.11 Å². The number of ether oxygens (including phenoxy) is 2. The van der Waals surface area contributed by atoms with Crippen LogP contribution in [0.15, 0.2) is 48.5 Å². The van der Waals surface area contributed by atoms with E-state index in [0.29, 0.717) is 21.4 Å². The van der Waals surface area contributed by atoms with E-state index in [2.05, 4.69) is 0 Å². The fourth-order valence-corrected chi connectivity index (χ4v) is 3.52. The lowest BCUT2D eigenvalue weighted by atomic mass is 10.1. The van der Waals surface area contributed by atoms with Crippen LogP contribution in [0, 0.1) is 13.8 Å². The summed E-state index contributed by atoms with van der Waals surface area (Å²) in [6.45, 7) is 3.79. The molecule has 27 heavy (non-hydrogen) atoms. The van der Waals surface area contributed by atoms with Gasteiger partial charge in [-0.15, -0.1) is 0 Å². The van der Waals surface area contributed by atoms with Gasteiger partial charge < -0.3 is 14.0 Å². The molecule has 6 heteroatoms. The fraction of sp³-hybridized carbons (Fsp3) is 0.190. The van der Waals surface area contributed by atoms with E-state index < -0.39 is 0 Å². The van der Waals surface area contributed by atoms with E-state index in [1.54, 1.807) is 25.3 Å². The van der Waals surface area contributed by atoms with Crippen LogP contribution in [0.25, 0.3) is 5.69 Å². The Labute approximate surface area is 168 Å². The van der Waals surface area contributed by atoms with Gasteiger partial charge in [0.2, 0.25) is 5.78 Å². The van der Waals surface area contributed by atoms with Gasteiger partial charge in [0.1, 0.15) is 11.5 Å². The highest BCUT2D eigenvalue weighted by Gasteiger charge is 2.17. The van der Waals surface area contributed by atoms with Crippen LogP contribution in [0.4, 0.5) is 0 Å². The summed E-state index contributed by atoms with van der Waals surface area (Å²) in [5.74, 6) is 1.13. The van der Waals surface area contributed by atoms with Gasteiger partial charge in [-0.25, -0.2) is 0 Å². The number of rotatable bonds is 6. The summed E-state index contributed by atoms with van der Waals surface area (Å²) < 4.78 is 12.8. The van der Waals surface area contributed by atoms with Crippen LogP contribution >= 0.6 is 23.2 Å². The van der Waals surface area contributed by atoms with E-state index in [1.807, 2.05) is 48.7 Å². The minimum atomic E-state index is -0.112. The lowest BCUT2D eigenvalue weighted by Gasteiger charge is -2.11. The smallest absolute Gasteiger partial charge is 0.202 e. The van der Waals surface area contributed by atoms with Crippen LogP contribution in [0.1, 0.15) is 21.7 Å². The number of halogens is 2. The van der Waals surface area contributed by atoms with Crippen molar-refractivity contribution in [3.05, 3.63) is 75.5 Å². The second kappa shape index (κ2) is 8.07. The molecular weight excluding hydrogens is 385 g/mol. The average molecular weight is 404 g/mol. The standard InChI is InChI=1S/C21H19Cl2NO3/c1-13-8-20(14(2)24(13)17-4-6-18(26-3)7-5-17)21(25)12-27-19-10-15(22)9-16(23)11-19/h4-11H,12H2,1-3H3. The van der Waals surface area contributed by atoms with Crippen LogP contribution in [0.3, 0.4) is 0 Å². The average Bonchev–Trinajstić information content (AvgIpc) is 2.93. The van der Waals surface area contributed by atoms with Gasteiger partial charge in [0.25, 0.3) is 0 Å². The third-order valence-electron chi connectivity index (χ3n) is 4.27. The number of benzene rings is 2. The fourth-order valence-electron chi connectivity index (χ4n) is 3.01. The number of ketones is 1. The third-order valence-corrected chi connectivity index (χ3v) is 4.70. The van der Waals surface area contributed by atoms with Gasteiger partial charge in [-0.1, -0.05) is 23.2 Å². The van der Waals surface area contributed by atoms with Gasteiger partial charge in [-0.2, -0.15) is 0 Å². The lowest BCUT2D eigenvalue weighted by molar-refractivity contribution is 0.0921. The molecule has 0 saturated carbocycles. The molecule has 0 fully saturated rings. The van der Waals surface area contributed by atoms with Crippen molar-refractivity contribution in [3.8, 4) is 17.2 Å². The van der Waals surface area contributed by atoms with Crippen molar-refractivity contribution in [1.29, 1.82) is 0 Å². The Morgan fingerprint density at radius 1 is 0.963 bits per heavy atom. The number of carbonyl (C=O) groups excluding carboxylic acids is 1. The molecule has 0 unspecified atom stereocenters. The van der Waals surface area contributed by atoms with E-state index in [4.69, 9.17) is 32.7 Å². The van der Waals surface area contributed by atoms with Crippen LogP contribution in [0.2, 0.25) is 10.0 Å². The zero-order valence-corrected chi connectivity index (χ0v) is 16.8. The molecule has 0 aliphatic rings. The Morgan fingerprint density at radius 3 is 2.19 bits per heavy atom. The first kappa shape index (κ1) is 19.3. The Balaban J connectivity index is 1.81. The molecule has 3 rings (SSSR count). The summed E-state index contributed by atoms with van der Waals surface area (Å²) in [6, 6.07) is 14.4. The molecular formula is C21H19Cl2NO3. The maximum absolute atomic E-state index is 12.7. The number of hydrogen-bond acceptors (Lipinski definition) is 3. The predicted molar refractivity (Wildman–Crippen MR) is 108 cm³/mol. The zero-order valence-electron chi connectivity index (χ0n) is 15.3. The van der Waals surface area contributed by atoms with E-state index >= 15 is 0 Å². The maximum atomic E-state index is 12.7. The number of nitrogens with zero attached hydrogens (tertiary/aromatic N) is 1. The molecule has 2 aromatic carbocycles. The first-order chi connectivity index (χ1) is 12.9. The topological polar surface area (TPSA) is 40.5 Å². The zero-order chi connectivity index (χ0) is 19.6. The number of hydrogen-bond donors (Lipinski definition) is 0. The summed E-state index contributed by atoms with van der Waals surface area (Å²) in [7, 11) is 1.63. The molecule has 0 atom stereocenters. The van der Waals surface area contributed by atoms with Crippen LogP contribution < -0.4 is 9.47 Å². The van der Waals surface area contributed by atoms with Crippen molar-refractivity contribution in [3.63, 3.8) is 0 Å². The Morgan fingerprint density at radius 2 is 1.59 bits per heavy atom. The molecule has 4 nitrogen and oxygen atoms in total. The number of methoxy groups -OCH3 is 1. The molecule has 0 spiro atoms. The predicted octanol–water partition coefficient (Wildman–Crippen LogP) is 5.67. The minimum absolute atomic E-state index is 0.0937. The van der Waals surface area contributed by atoms with Crippen molar-refractivity contribution in [2.24, 2.45) is 0 Å². The van der Waals surface area contributed by atoms with Crippen LogP contribution in [-0.2, 0) is 0 Å². The number of aromatic nitrogens is 1. The summed E-state index contributed by atoms with van der Waals surface area (Å²) >= 11 is 11.9. The summed E-state index contributed by atoms with van der Waals surface area (Å²) in [5.41, 5.74) is 3.41. The molecule has 0 aliphatic heterocycles. The van der Waals surface area contributed by atoms with Crippen LogP contribution in [0.5, 0.6) is 11.5 Å². The first-order valence-electron chi connectivity index (χ1n) is 8.34. The molecule has 0 saturated heterocycles. The Hall–Kier alpha value is -2.43. The highest BCUT2D eigenvalue weighted by molar-refractivity contribution is 6.34. The van der Waals surface area contributed by atoms with E-state index in [9.17, 15) is 4.79 Å². The number of carbonyl (C=O) groups is 1. The third kappa shape index (κ3) is 4.29. The van der Waals surface area contributed by atoms with E-state index in [1.165, 1.54) is 0 Å². The van der Waals surface area contributed by atoms with E-state index in [0.717, 1.165) is 22.8 Å². The molecule has 3 aromatic rings. The van der Waals surface area contributed by atoms with E-state index in [-0.39, 0.29) is 12.4 Å². The number of aryl methyl sites for hydroxylation is 1. The molecule has 140 valence electrons. The van der Waals surface area contributed by atoms with Crippen molar-refractivity contribution in [2.75, 3.05) is 13.7 Å². The van der Waals surface area contributed by atoms with Gasteiger partial charge in [-0.3, -0.25) is 4.79 Å². The second-order valence-corrected chi connectivity index (χ2v) is 7.01. The van der Waals surface area contributed by atoms with Gasteiger partial charge in [-0.05, 0) is 62.4 Å². The highest BCUT2D eigenvalue weighted by atomic mass is 35.5. The lowest BCUT2D eigenvalue weighted by Crippen LogP contribution is -2.12. The molecule has 0 bridgehead atoms. The molecule has 1 aromatic heterocycles. The van der Waals surface area contributed by atoms with Gasteiger partial charge in [0, 0.05) is 32.7 Å². The second-order valence-electron chi connectivity index (χ2n) is 6.14. The molecule has 1 heterocycles.